The Morgan fingerprint density at radius 1 is 1.12 bits per heavy atom. The van der Waals surface area contributed by atoms with Crippen molar-refractivity contribution in [2.24, 2.45) is 0 Å². The van der Waals surface area contributed by atoms with E-state index in [4.69, 9.17) is 4.74 Å². The van der Waals surface area contributed by atoms with Crippen LogP contribution in [-0.4, -0.2) is 53.8 Å². The molecule has 3 heterocycles. The molecule has 0 saturated carbocycles. The van der Waals surface area contributed by atoms with Crippen LogP contribution >= 0.6 is 0 Å². The molecule has 172 valence electrons. The number of likely N-dealkylation sites (tertiary alicyclic amines) is 1. The molecule has 6 heteroatoms. The fourth-order valence-corrected chi connectivity index (χ4v) is 5.32. The maximum Gasteiger partial charge on any atom is 0.251 e. The summed E-state index contributed by atoms with van der Waals surface area (Å²) in [6.07, 6.45) is 1.94. The van der Waals surface area contributed by atoms with Crippen LogP contribution < -0.4 is 10.1 Å². The number of nitrogens with one attached hydrogen (secondary N) is 2. The normalized spacial score (nSPS) is 20.1. The van der Waals surface area contributed by atoms with E-state index in [1.54, 1.807) is 0 Å². The summed E-state index contributed by atoms with van der Waals surface area (Å²) in [6, 6.07) is 22.6. The molecule has 1 amide bonds. The van der Waals surface area contributed by atoms with E-state index in [9.17, 15) is 4.79 Å². The van der Waals surface area contributed by atoms with Crippen LogP contribution in [0, 0.1) is 0 Å². The van der Waals surface area contributed by atoms with E-state index in [2.05, 4.69) is 57.8 Å². The van der Waals surface area contributed by atoms with E-state index in [1.165, 1.54) is 11.1 Å². The zero-order valence-electron chi connectivity index (χ0n) is 19.3. The zero-order chi connectivity index (χ0) is 23.1. The van der Waals surface area contributed by atoms with Crippen LogP contribution in [0.4, 0.5) is 0 Å². The predicted molar refractivity (Wildman–Crippen MR) is 133 cm³/mol. The molecule has 0 radical (unpaired) electrons. The Labute approximate surface area is 198 Å². The molecule has 0 spiro atoms. The summed E-state index contributed by atoms with van der Waals surface area (Å²) < 4.78 is 5.64. The molecule has 1 saturated heterocycles. The number of fused-ring (bicyclic) bond motifs is 2. The van der Waals surface area contributed by atoms with Gasteiger partial charge in [-0.3, -0.25) is 9.89 Å². The molecule has 1 fully saturated rings. The number of nitrogens with zero attached hydrogens (tertiary/aromatic N) is 2. The van der Waals surface area contributed by atoms with Gasteiger partial charge in [0.25, 0.3) is 5.91 Å². The molecular formula is C28H28N4O2. The Hall–Kier alpha value is -3.64. The van der Waals surface area contributed by atoms with E-state index in [0.717, 1.165) is 60.4 Å². The van der Waals surface area contributed by atoms with Crippen molar-refractivity contribution in [2.45, 2.75) is 24.8 Å². The fraction of sp³-hybridized carbons (Fsp3) is 0.286. The fourth-order valence-electron chi connectivity index (χ4n) is 5.32. The highest BCUT2D eigenvalue weighted by Crippen LogP contribution is 2.33. The summed E-state index contributed by atoms with van der Waals surface area (Å²) in [7, 11) is 2.12. The van der Waals surface area contributed by atoms with E-state index in [1.807, 2.05) is 36.4 Å². The van der Waals surface area contributed by atoms with Crippen LogP contribution in [0.2, 0.25) is 0 Å². The first-order valence-electron chi connectivity index (χ1n) is 11.9. The van der Waals surface area contributed by atoms with Crippen molar-refractivity contribution in [1.82, 2.24) is 20.4 Å². The lowest BCUT2D eigenvalue weighted by molar-refractivity contribution is 0.0900. The quantitative estimate of drug-likeness (QED) is 0.482. The molecule has 2 N–H and O–H groups in total. The molecule has 4 aromatic rings. The molecule has 0 unspecified atom stereocenters. The highest BCUT2D eigenvalue weighted by molar-refractivity contribution is 6.01. The van der Waals surface area contributed by atoms with Gasteiger partial charge in [-0.1, -0.05) is 30.3 Å². The van der Waals surface area contributed by atoms with Gasteiger partial charge in [-0.15, -0.1) is 0 Å². The zero-order valence-corrected chi connectivity index (χ0v) is 19.3. The van der Waals surface area contributed by atoms with Gasteiger partial charge in [0.05, 0.1) is 17.8 Å². The standard InChI is InChI=1S/C28H28N4O2/c1-32-13-11-22(18-5-3-2-4-6-18)25(17-32)29-28(33)21-7-9-24-23(16-21)27(31-30-24)20-8-10-26-19(15-20)12-14-34-26/h2-10,15-16,22,25H,11-14,17H2,1H3,(H,29,33)(H,30,31)/t22-,25+/m0/s1. The van der Waals surface area contributed by atoms with Gasteiger partial charge in [-0.2, -0.15) is 5.10 Å². The Kier molecular flexibility index (Phi) is 5.30. The second-order valence-electron chi connectivity index (χ2n) is 9.40. The lowest BCUT2D eigenvalue weighted by Crippen LogP contribution is -2.50. The summed E-state index contributed by atoms with van der Waals surface area (Å²) in [5, 5.41) is 12.0. The summed E-state index contributed by atoms with van der Waals surface area (Å²) in [6.45, 7) is 2.59. The first-order chi connectivity index (χ1) is 16.7. The van der Waals surface area contributed by atoms with Crippen LogP contribution in [-0.2, 0) is 6.42 Å². The third-order valence-corrected chi connectivity index (χ3v) is 7.15. The number of carbonyl (C=O) groups is 1. The molecule has 6 nitrogen and oxygen atoms in total. The van der Waals surface area contributed by atoms with Crippen molar-refractivity contribution in [3.8, 4) is 17.0 Å². The SMILES string of the molecule is CN1CC[C@@H](c2ccccc2)[C@H](NC(=O)c2ccc3[nH]nc(-c4ccc5c(c4)CCO5)c3c2)C1. The lowest BCUT2D eigenvalue weighted by Gasteiger charge is -2.37. The van der Waals surface area contributed by atoms with Gasteiger partial charge in [0.15, 0.2) is 0 Å². The maximum absolute atomic E-state index is 13.4. The molecule has 0 aliphatic carbocycles. The van der Waals surface area contributed by atoms with Crippen molar-refractivity contribution in [2.75, 3.05) is 26.7 Å². The average Bonchev–Trinajstić information content (AvgIpc) is 3.50. The molecule has 34 heavy (non-hydrogen) atoms. The van der Waals surface area contributed by atoms with Crippen LogP contribution in [0.1, 0.15) is 33.8 Å². The van der Waals surface area contributed by atoms with E-state index < -0.39 is 0 Å². The smallest absolute Gasteiger partial charge is 0.251 e. The Bertz CT molecular complexity index is 1350. The minimum Gasteiger partial charge on any atom is -0.493 e. The number of likely N-dealkylation sites (N-methyl/N-ethyl adjacent to an activating group) is 1. The molecule has 2 aliphatic rings. The van der Waals surface area contributed by atoms with Gasteiger partial charge in [-0.05, 0) is 67.5 Å². The number of rotatable bonds is 4. The number of H-pyrrole nitrogens is 1. The van der Waals surface area contributed by atoms with E-state index >= 15 is 0 Å². The van der Waals surface area contributed by atoms with Crippen molar-refractivity contribution >= 4 is 16.8 Å². The second kappa shape index (κ2) is 8.61. The van der Waals surface area contributed by atoms with Gasteiger partial charge in [-0.25, -0.2) is 0 Å². The molecule has 0 bridgehead atoms. The highest BCUT2D eigenvalue weighted by atomic mass is 16.5. The van der Waals surface area contributed by atoms with Gasteiger partial charge in [0.2, 0.25) is 0 Å². The third kappa shape index (κ3) is 3.84. The maximum atomic E-state index is 13.4. The van der Waals surface area contributed by atoms with Gasteiger partial charge in [0, 0.05) is 41.4 Å². The topological polar surface area (TPSA) is 70.2 Å². The minimum atomic E-state index is -0.0439. The van der Waals surface area contributed by atoms with E-state index in [-0.39, 0.29) is 11.9 Å². The van der Waals surface area contributed by atoms with Crippen LogP contribution in [0.25, 0.3) is 22.2 Å². The number of hydrogen-bond donors (Lipinski definition) is 2. The van der Waals surface area contributed by atoms with Gasteiger partial charge < -0.3 is 15.0 Å². The number of hydrogen-bond acceptors (Lipinski definition) is 4. The molecular weight excluding hydrogens is 424 g/mol. The van der Waals surface area contributed by atoms with Gasteiger partial charge in [0.1, 0.15) is 5.75 Å². The van der Waals surface area contributed by atoms with E-state index in [0.29, 0.717) is 11.5 Å². The lowest BCUT2D eigenvalue weighted by atomic mass is 9.85. The van der Waals surface area contributed by atoms with Crippen molar-refractivity contribution in [1.29, 1.82) is 0 Å². The number of piperidine rings is 1. The number of ether oxygens (including phenoxy) is 1. The largest absolute Gasteiger partial charge is 0.493 e. The Morgan fingerprint density at radius 3 is 2.88 bits per heavy atom. The van der Waals surface area contributed by atoms with Gasteiger partial charge >= 0.3 is 0 Å². The highest BCUT2D eigenvalue weighted by Gasteiger charge is 2.30. The Morgan fingerprint density at radius 2 is 2.00 bits per heavy atom. The van der Waals surface area contributed by atoms with Crippen LogP contribution in [0.15, 0.2) is 66.7 Å². The number of amides is 1. The van der Waals surface area contributed by atoms with Crippen molar-refractivity contribution in [3.63, 3.8) is 0 Å². The minimum absolute atomic E-state index is 0.0439. The molecule has 1 aromatic heterocycles. The van der Waals surface area contributed by atoms with Crippen molar-refractivity contribution in [3.05, 3.63) is 83.4 Å². The third-order valence-electron chi connectivity index (χ3n) is 7.15. The average molecular weight is 453 g/mol. The first-order valence-corrected chi connectivity index (χ1v) is 11.9. The number of aromatic amines is 1. The van der Waals surface area contributed by atoms with Crippen LogP contribution in [0.5, 0.6) is 5.75 Å². The number of carbonyl (C=O) groups excluding carboxylic acids is 1. The molecule has 2 aliphatic heterocycles. The summed E-state index contributed by atoms with van der Waals surface area (Å²) in [5.74, 6) is 1.22. The predicted octanol–water partition coefficient (Wildman–Crippen LogP) is 4.38. The molecule has 6 rings (SSSR count). The summed E-state index contributed by atoms with van der Waals surface area (Å²) in [4.78, 5) is 15.7. The number of benzene rings is 3. The summed E-state index contributed by atoms with van der Waals surface area (Å²) in [5.41, 5.74) is 5.96. The number of aromatic nitrogens is 2. The van der Waals surface area contributed by atoms with Crippen molar-refractivity contribution < 1.29 is 9.53 Å². The van der Waals surface area contributed by atoms with Crippen LogP contribution in [0.3, 0.4) is 0 Å². The molecule has 3 aromatic carbocycles. The Balaban J connectivity index is 1.29. The summed E-state index contributed by atoms with van der Waals surface area (Å²) >= 11 is 0. The monoisotopic (exact) mass is 452 g/mol. The molecule has 2 atom stereocenters. The first kappa shape index (κ1) is 20.9. The second-order valence-corrected chi connectivity index (χ2v) is 9.40.